The first kappa shape index (κ1) is 15.0. The Labute approximate surface area is 131 Å². The topological polar surface area (TPSA) is 49.3 Å². The zero-order valence-corrected chi connectivity index (χ0v) is 12.6. The van der Waals surface area contributed by atoms with Crippen LogP contribution >= 0.6 is 34.8 Å². The summed E-state index contributed by atoms with van der Waals surface area (Å²) in [5.41, 5.74) is 1.77. The molecule has 2 rings (SSSR count). The molecule has 0 saturated heterocycles. The smallest absolute Gasteiger partial charge is 0.255 e. The molecule has 104 valence electrons. The highest BCUT2D eigenvalue weighted by Gasteiger charge is 2.16. The van der Waals surface area contributed by atoms with Gasteiger partial charge in [-0.05, 0) is 25.1 Å². The van der Waals surface area contributed by atoms with Crippen molar-refractivity contribution < 1.29 is 9.90 Å². The highest BCUT2D eigenvalue weighted by molar-refractivity contribution is 6.46. The van der Waals surface area contributed by atoms with E-state index in [4.69, 9.17) is 34.8 Å². The van der Waals surface area contributed by atoms with Crippen LogP contribution in [0.3, 0.4) is 0 Å². The molecule has 0 aliphatic heterocycles. The second-order valence-electron chi connectivity index (χ2n) is 4.20. The molecule has 2 aromatic carbocycles. The number of carbonyl (C=O) groups is 1. The number of carbonyl (C=O) groups excluding carboxylic acids is 1. The first-order valence-electron chi connectivity index (χ1n) is 5.64. The molecule has 2 aromatic rings. The first-order chi connectivity index (χ1) is 9.40. The van der Waals surface area contributed by atoms with Gasteiger partial charge in [-0.15, -0.1) is 0 Å². The second-order valence-corrected chi connectivity index (χ2v) is 5.37. The van der Waals surface area contributed by atoms with E-state index >= 15 is 0 Å². The maximum Gasteiger partial charge on any atom is 0.255 e. The minimum Gasteiger partial charge on any atom is -0.505 e. The van der Waals surface area contributed by atoms with Crippen molar-refractivity contribution >= 4 is 46.4 Å². The quantitative estimate of drug-likeness (QED) is 0.607. The van der Waals surface area contributed by atoms with E-state index in [1.807, 2.05) is 19.1 Å². The molecular weight excluding hydrogens is 321 g/mol. The van der Waals surface area contributed by atoms with Gasteiger partial charge in [0.25, 0.3) is 5.91 Å². The Morgan fingerprint density at radius 2 is 1.70 bits per heavy atom. The van der Waals surface area contributed by atoms with Gasteiger partial charge < -0.3 is 10.4 Å². The summed E-state index contributed by atoms with van der Waals surface area (Å²) in [6.07, 6.45) is 0. The van der Waals surface area contributed by atoms with Gasteiger partial charge in [-0.3, -0.25) is 4.79 Å². The molecule has 6 heteroatoms. The zero-order valence-electron chi connectivity index (χ0n) is 10.4. The van der Waals surface area contributed by atoms with Crippen molar-refractivity contribution in [2.75, 3.05) is 5.32 Å². The van der Waals surface area contributed by atoms with Crippen molar-refractivity contribution in [3.63, 3.8) is 0 Å². The van der Waals surface area contributed by atoms with Gasteiger partial charge in [0.05, 0.1) is 15.7 Å². The lowest BCUT2D eigenvalue weighted by Crippen LogP contribution is -2.12. The summed E-state index contributed by atoms with van der Waals surface area (Å²) >= 11 is 17.6. The van der Waals surface area contributed by atoms with Gasteiger partial charge in [0.2, 0.25) is 0 Å². The Bertz CT molecular complexity index is 669. The maximum absolute atomic E-state index is 12.1. The van der Waals surface area contributed by atoms with Gasteiger partial charge in [0.1, 0.15) is 5.02 Å². The summed E-state index contributed by atoms with van der Waals surface area (Å²) in [6.45, 7) is 1.93. The van der Waals surface area contributed by atoms with Gasteiger partial charge in [-0.1, -0.05) is 52.5 Å². The molecule has 0 heterocycles. The third-order valence-corrected chi connectivity index (χ3v) is 3.84. The third kappa shape index (κ3) is 3.01. The molecule has 0 radical (unpaired) electrons. The number of phenolic OH excluding ortho intramolecular Hbond substituents is 1. The molecule has 0 aromatic heterocycles. The number of benzene rings is 2. The lowest BCUT2D eigenvalue weighted by Gasteiger charge is -2.11. The fourth-order valence-corrected chi connectivity index (χ4v) is 2.22. The number of hydrogen-bond donors (Lipinski definition) is 2. The normalized spacial score (nSPS) is 10.4. The van der Waals surface area contributed by atoms with E-state index in [1.54, 1.807) is 12.1 Å². The van der Waals surface area contributed by atoms with E-state index in [-0.39, 0.29) is 32.4 Å². The second kappa shape index (κ2) is 5.92. The van der Waals surface area contributed by atoms with Crippen LogP contribution in [-0.2, 0) is 0 Å². The van der Waals surface area contributed by atoms with Crippen LogP contribution in [0.4, 0.5) is 5.69 Å². The van der Waals surface area contributed by atoms with Crippen LogP contribution in [-0.4, -0.2) is 11.0 Å². The fourth-order valence-electron chi connectivity index (χ4n) is 1.58. The largest absolute Gasteiger partial charge is 0.505 e. The molecule has 0 aliphatic carbocycles. The number of hydrogen-bond acceptors (Lipinski definition) is 2. The third-order valence-electron chi connectivity index (χ3n) is 2.70. The van der Waals surface area contributed by atoms with Gasteiger partial charge in [0, 0.05) is 5.56 Å². The van der Waals surface area contributed by atoms with E-state index in [0.29, 0.717) is 5.56 Å². The Morgan fingerprint density at radius 3 is 2.30 bits per heavy atom. The molecular formula is C14H10Cl3NO2. The maximum atomic E-state index is 12.1. The van der Waals surface area contributed by atoms with E-state index < -0.39 is 0 Å². The molecule has 0 fully saturated rings. The predicted octanol–water partition coefficient (Wildman–Crippen LogP) is 4.91. The van der Waals surface area contributed by atoms with Crippen molar-refractivity contribution in [2.45, 2.75) is 6.92 Å². The highest BCUT2D eigenvalue weighted by atomic mass is 35.5. The lowest BCUT2D eigenvalue weighted by atomic mass is 10.1. The minimum absolute atomic E-state index is 0.0126. The molecule has 0 bridgehead atoms. The van der Waals surface area contributed by atoms with Crippen LogP contribution in [0.1, 0.15) is 15.9 Å². The molecule has 0 spiro atoms. The van der Waals surface area contributed by atoms with E-state index in [9.17, 15) is 9.90 Å². The first-order valence-corrected chi connectivity index (χ1v) is 6.78. The molecule has 1 amide bonds. The number of aryl methyl sites for hydroxylation is 1. The molecule has 2 N–H and O–H groups in total. The number of halogens is 3. The van der Waals surface area contributed by atoms with Crippen molar-refractivity contribution in [3.8, 4) is 5.75 Å². The summed E-state index contributed by atoms with van der Waals surface area (Å²) < 4.78 is 0. The Kier molecular flexibility index (Phi) is 4.43. The van der Waals surface area contributed by atoms with Crippen LogP contribution in [0.25, 0.3) is 0 Å². The molecule has 3 nitrogen and oxygen atoms in total. The number of aromatic hydroxyl groups is 1. The van der Waals surface area contributed by atoms with E-state index in [1.165, 1.54) is 6.07 Å². The van der Waals surface area contributed by atoms with Crippen LogP contribution < -0.4 is 5.32 Å². The summed E-state index contributed by atoms with van der Waals surface area (Å²) in [5.74, 6) is -0.656. The lowest BCUT2D eigenvalue weighted by molar-refractivity contribution is 0.102. The Balaban J connectivity index is 2.31. The Hall–Kier alpha value is -1.42. The average Bonchev–Trinajstić information content (AvgIpc) is 2.43. The van der Waals surface area contributed by atoms with Crippen LogP contribution in [0, 0.1) is 6.92 Å². The molecule has 0 atom stereocenters. The average molecular weight is 331 g/mol. The number of phenols is 1. The number of rotatable bonds is 2. The van der Waals surface area contributed by atoms with Gasteiger partial charge >= 0.3 is 0 Å². The summed E-state index contributed by atoms with van der Waals surface area (Å²) in [5, 5.41) is 12.1. The van der Waals surface area contributed by atoms with Crippen LogP contribution in [0.15, 0.2) is 30.3 Å². The van der Waals surface area contributed by atoms with Crippen molar-refractivity contribution in [2.24, 2.45) is 0 Å². The summed E-state index contributed by atoms with van der Waals surface area (Å²) in [4.78, 5) is 12.1. The van der Waals surface area contributed by atoms with E-state index in [2.05, 4.69) is 5.32 Å². The van der Waals surface area contributed by atoms with Crippen LogP contribution in [0.2, 0.25) is 15.1 Å². The van der Waals surface area contributed by atoms with Crippen molar-refractivity contribution in [1.29, 1.82) is 0 Å². The summed E-state index contributed by atoms with van der Waals surface area (Å²) in [6, 6.07) is 8.39. The van der Waals surface area contributed by atoms with Crippen LogP contribution in [0.5, 0.6) is 5.75 Å². The van der Waals surface area contributed by atoms with Crippen molar-refractivity contribution in [3.05, 3.63) is 56.5 Å². The van der Waals surface area contributed by atoms with Gasteiger partial charge in [0.15, 0.2) is 5.75 Å². The zero-order chi connectivity index (χ0) is 14.9. The summed E-state index contributed by atoms with van der Waals surface area (Å²) in [7, 11) is 0. The number of nitrogens with one attached hydrogen (secondary N) is 1. The number of anilines is 1. The standard InChI is InChI=1S/C14H10Cl3NO2/c1-7-2-4-8(5-3-7)14(20)18-10-6-9(15)13(19)12(17)11(10)16/h2-6,19H,1H3,(H,18,20). The SMILES string of the molecule is Cc1ccc(C(=O)Nc2cc(Cl)c(O)c(Cl)c2Cl)cc1. The molecule has 0 aliphatic rings. The van der Waals surface area contributed by atoms with Crippen molar-refractivity contribution in [1.82, 2.24) is 0 Å². The highest BCUT2D eigenvalue weighted by Crippen LogP contribution is 2.42. The monoisotopic (exact) mass is 329 g/mol. The predicted molar refractivity (Wildman–Crippen MR) is 82.3 cm³/mol. The van der Waals surface area contributed by atoms with Gasteiger partial charge in [-0.2, -0.15) is 0 Å². The fraction of sp³-hybridized carbons (Fsp3) is 0.0714. The molecule has 0 unspecified atom stereocenters. The van der Waals surface area contributed by atoms with Gasteiger partial charge in [-0.25, -0.2) is 0 Å². The molecule has 20 heavy (non-hydrogen) atoms. The number of amides is 1. The van der Waals surface area contributed by atoms with E-state index in [0.717, 1.165) is 5.56 Å². The Morgan fingerprint density at radius 1 is 1.10 bits per heavy atom. The minimum atomic E-state index is -0.343. The molecule has 0 saturated carbocycles.